The maximum absolute atomic E-state index is 13.0. The average Bonchev–Trinajstić information content (AvgIpc) is 2.82. The van der Waals surface area contributed by atoms with Crippen molar-refractivity contribution in [3.8, 4) is 5.75 Å². The molecule has 0 aliphatic carbocycles. The molecule has 1 heterocycles. The first kappa shape index (κ1) is 26.2. The monoisotopic (exact) mass is 557 g/mol. The second-order valence-corrected chi connectivity index (χ2v) is 9.15. The molecule has 0 aromatic heterocycles. The number of carbonyl (C=O) groups is 4. The maximum Gasteiger partial charge on any atom is 0.335 e. The molecule has 8 nitrogen and oxygen atoms in total. The zero-order chi connectivity index (χ0) is 26.7. The minimum absolute atomic E-state index is 0.0504. The van der Waals surface area contributed by atoms with Gasteiger partial charge >= 0.3 is 6.03 Å². The minimum Gasteiger partial charge on any atom is -0.481 e. The molecule has 1 aliphatic rings. The van der Waals surface area contributed by atoms with E-state index in [9.17, 15) is 19.2 Å². The lowest BCUT2D eigenvalue weighted by atomic mass is 10.1. The highest BCUT2D eigenvalue weighted by atomic mass is 35.5. The Morgan fingerprint density at radius 2 is 1.70 bits per heavy atom. The van der Waals surface area contributed by atoms with Gasteiger partial charge in [0.1, 0.15) is 5.57 Å². The van der Waals surface area contributed by atoms with Gasteiger partial charge in [-0.15, -0.1) is 0 Å². The summed E-state index contributed by atoms with van der Waals surface area (Å²) in [6.45, 7) is 1.50. The number of amides is 5. The van der Waals surface area contributed by atoms with Crippen molar-refractivity contribution in [2.75, 3.05) is 16.8 Å². The van der Waals surface area contributed by atoms with E-state index < -0.39 is 23.8 Å². The summed E-state index contributed by atoms with van der Waals surface area (Å²) in [4.78, 5) is 50.9. The fourth-order valence-corrected chi connectivity index (χ4v) is 4.31. The number of aryl methyl sites for hydroxylation is 1. The SMILES string of the molecule is Cc1ccccc1NC(=O)COc1c(Cl)cc(/C=C2\C(=O)NC(=O)N(c3cccc(Cl)c3)C2=O)cc1Cl. The van der Waals surface area contributed by atoms with Crippen LogP contribution in [0, 0.1) is 6.92 Å². The molecule has 37 heavy (non-hydrogen) atoms. The molecule has 1 aliphatic heterocycles. The van der Waals surface area contributed by atoms with Gasteiger partial charge in [-0.2, -0.15) is 0 Å². The molecule has 2 N–H and O–H groups in total. The van der Waals surface area contributed by atoms with Crippen LogP contribution in [0.3, 0.4) is 0 Å². The number of nitrogens with zero attached hydrogens (tertiary/aromatic N) is 1. The third kappa shape index (κ3) is 5.94. The topological polar surface area (TPSA) is 105 Å². The lowest BCUT2D eigenvalue weighted by molar-refractivity contribution is -0.122. The number of benzene rings is 3. The van der Waals surface area contributed by atoms with E-state index in [1.54, 1.807) is 24.3 Å². The zero-order valence-corrected chi connectivity index (χ0v) is 21.4. The summed E-state index contributed by atoms with van der Waals surface area (Å²) in [6, 6.07) is 15.3. The van der Waals surface area contributed by atoms with Crippen LogP contribution in [0.25, 0.3) is 6.08 Å². The molecular formula is C26H18Cl3N3O5. The van der Waals surface area contributed by atoms with Crippen LogP contribution in [-0.4, -0.2) is 30.4 Å². The van der Waals surface area contributed by atoms with Gasteiger partial charge in [0.25, 0.3) is 17.7 Å². The van der Waals surface area contributed by atoms with Crippen LogP contribution in [-0.2, 0) is 14.4 Å². The van der Waals surface area contributed by atoms with E-state index in [1.807, 2.05) is 19.1 Å². The number of urea groups is 1. The number of imide groups is 2. The number of halogens is 3. The molecule has 4 rings (SSSR count). The number of carbonyl (C=O) groups excluding carboxylic acids is 4. The highest BCUT2D eigenvalue weighted by Gasteiger charge is 2.37. The Balaban J connectivity index is 1.53. The molecule has 5 amide bonds. The van der Waals surface area contributed by atoms with Gasteiger partial charge < -0.3 is 10.1 Å². The van der Waals surface area contributed by atoms with Gasteiger partial charge in [-0.25, -0.2) is 9.69 Å². The minimum atomic E-state index is -0.904. The van der Waals surface area contributed by atoms with Gasteiger partial charge in [0, 0.05) is 10.7 Å². The molecule has 3 aromatic rings. The number of hydrogen-bond donors (Lipinski definition) is 2. The molecule has 11 heteroatoms. The quantitative estimate of drug-likeness (QED) is 0.301. The second kappa shape index (κ2) is 11.0. The van der Waals surface area contributed by atoms with Crippen LogP contribution in [0.5, 0.6) is 5.75 Å². The Bertz CT molecular complexity index is 1450. The molecule has 188 valence electrons. The first-order valence-electron chi connectivity index (χ1n) is 10.8. The van der Waals surface area contributed by atoms with Crippen molar-refractivity contribution in [3.63, 3.8) is 0 Å². The van der Waals surface area contributed by atoms with Crippen LogP contribution < -0.4 is 20.3 Å². The lowest BCUT2D eigenvalue weighted by Gasteiger charge is -2.26. The van der Waals surface area contributed by atoms with Gasteiger partial charge in [0.2, 0.25) is 0 Å². The van der Waals surface area contributed by atoms with E-state index >= 15 is 0 Å². The Hall–Kier alpha value is -3.85. The molecule has 0 radical (unpaired) electrons. The van der Waals surface area contributed by atoms with Crippen molar-refractivity contribution in [1.82, 2.24) is 5.32 Å². The summed E-state index contributed by atoms with van der Waals surface area (Å²) in [5.41, 5.74) is 1.71. The van der Waals surface area contributed by atoms with E-state index in [1.165, 1.54) is 30.3 Å². The molecule has 1 saturated heterocycles. The standard InChI is InChI=1S/C26H18Cl3N3O5/c1-14-5-2-3-8-21(14)30-22(33)13-37-23-19(28)10-15(11-20(23)29)9-18-24(34)31-26(36)32(25(18)35)17-7-4-6-16(27)12-17/h2-12H,13H2,1H3,(H,30,33)(H,31,34,36)/b18-9+. The van der Waals surface area contributed by atoms with Crippen LogP contribution in [0.1, 0.15) is 11.1 Å². The Morgan fingerprint density at radius 1 is 1.00 bits per heavy atom. The van der Waals surface area contributed by atoms with E-state index in [0.717, 1.165) is 10.5 Å². The molecule has 0 bridgehead atoms. The maximum atomic E-state index is 13.0. The molecule has 0 saturated carbocycles. The largest absolute Gasteiger partial charge is 0.481 e. The van der Waals surface area contributed by atoms with Gasteiger partial charge in [-0.1, -0.05) is 59.1 Å². The Morgan fingerprint density at radius 3 is 2.38 bits per heavy atom. The molecule has 3 aromatic carbocycles. The summed E-state index contributed by atoms with van der Waals surface area (Å²) in [6.07, 6.45) is 1.24. The highest BCUT2D eigenvalue weighted by Crippen LogP contribution is 2.35. The number of nitrogens with one attached hydrogen (secondary N) is 2. The summed E-state index contributed by atoms with van der Waals surface area (Å²) < 4.78 is 5.52. The lowest BCUT2D eigenvalue weighted by Crippen LogP contribution is -2.54. The average molecular weight is 559 g/mol. The summed E-state index contributed by atoms with van der Waals surface area (Å²) in [5.74, 6) is -2.09. The number of barbiturate groups is 1. The predicted molar refractivity (Wildman–Crippen MR) is 142 cm³/mol. The highest BCUT2D eigenvalue weighted by molar-refractivity contribution is 6.40. The molecule has 0 spiro atoms. The number of ether oxygens (including phenoxy) is 1. The summed E-state index contributed by atoms with van der Waals surface area (Å²) >= 11 is 18.6. The third-order valence-corrected chi connectivity index (χ3v) is 6.06. The van der Waals surface area contributed by atoms with E-state index in [-0.39, 0.29) is 33.7 Å². The van der Waals surface area contributed by atoms with Crippen molar-refractivity contribution in [1.29, 1.82) is 0 Å². The normalized spacial score (nSPS) is 14.5. The Kier molecular flexibility index (Phi) is 7.83. The van der Waals surface area contributed by atoms with Crippen molar-refractivity contribution in [2.24, 2.45) is 0 Å². The summed E-state index contributed by atoms with van der Waals surface area (Å²) in [7, 11) is 0. The van der Waals surface area contributed by atoms with Gasteiger partial charge in [-0.3, -0.25) is 19.7 Å². The van der Waals surface area contributed by atoms with Crippen LogP contribution in [0.2, 0.25) is 15.1 Å². The van der Waals surface area contributed by atoms with Crippen molar-refractivity contribution in [3.05, 3.63) is 92.4 Å². The van der Waals surface area contributed by atoms with E-state index in [4.69, 9.17) is 39.5 Å². The van der Waals surface area contributed by atoms with E-state index in [2.05, 4.69) is 10.6 Å². The molecular weight excluding hydrogens is 541 g/mol. The van der Waals surface area contributed by atoms with Gasteiger partial charge in [-0.05, 0) is 60.5 Å². The first-order valence-corrected chi connectivity index (χ1v) is 11.9. The number of anilines is 2. The van der Waals surface area contributed by atoms with E-state index in [0.29, 0.717) is 16.3 Å². The Labute approximate surface area is 226 Å². The van der Waals surface area contributed by atoms with Gasteiger partial charge in [0.15, 0.2) is 12.4 Å². The molecule has 1 fully saturated rings. The van der Waals surface area contributed by atoms with Gasteiger partial charge in [0.05, 0.1) is 15.7 Å². The molecule has 0 unspecified atom stereocenters. The van der Waals surface area contributed by atoms with Crippen molar-refractivity contribution >= 4 is 76.0 Å². The first-order chi connectivity index (χ1) is 17.6. The fraction of sp³-hybridized carbons (Fsp3) is 0.0769. The fourth-order valence-electron chi connectivity index (χ4n) is 3.51. The number of rotatable bonds is 6. The smallest absolute Gasteiger partial charge is 0.335 e. The summed E-state index contributed by atoms with van der Waals surface area (Å²) in [5, 5.41) is 5.27. The van der Waals surface area contributed by atoms with Crippen LogP contribution in [0.4, 0.5) is 16.2 Å². The van der Waals surface area contributed by atoms with Crippen LogP contribution in [0.15, 0.2) is 66.2 Å². The molecule has 0 atom stereocenters. The number of hydrogen-bond acceptors (Lipinski definition) is 5. The predicted octanol–water partition coefficient (Wildman–Crippen LogP) is 5.64. The van der Waals surface area contributed by atoms with Crippen molar-refractivity contribution < 1.29 is 23.9 Å². The second-order valence-electron chi connectivity index (χ2n) is 7.90. The third-order valence-electron chi connectivity index (χ3n) is 5.27. The number of para-hydroxylation sites is 1. The zero-order valence-electron chi connectivity index (χ0n) is 19.2. The van der Waals surface area contributed by atoms with Crippen molar-refractivity contribution in [2.45, 2.75) is 6.92 Å². The van der Waals surface area contributed by atoms with Crippen LogP contribution >= 0.6 is 34.8 Å².